The smallest absolute Gasteiger partial charge is 0.321 e. The summed E-state index contributed by atoms with van der Waals surface area (Å²) >= 11 is 0. The van der Waals surface area contributed by atoms with Gasteiger partial charge in [-0.05, 0) is 31.9 Å². The van der Waals surface area contributed by atoms with Gasteiger partial charge in [-0.1, -0.05) is 31.0 Å². The fourth-order valence-corrected chi connectivity index (χ4v) is 5.35. The fraction of sp³-hybridized carbons (Fsp3) is 0.579. The summed E-state index contributed by atoms with van der Waals surface area (Å²) in [7, 11) is -3.51. The lowest BCUT2D eigenvalue weighted by atomic mass is 10.2. The van der Waals surface area contributed by atoms with Crippen molar-refractivity contribution in [3.05, 3.63) is 30.3 Å². The maximum atomic E-state index is 12.7. The van der Waals surface area contributed by atoms with Gasteiger partial charge in [-0.25, -0.2) is 13.2 Å². The first kappa shape index (κ1) is 20.8. The average Bonchev–Trinajstić information content (AvgIpc) is 3.21. The minimum absolute atomic E-state index is 0.155. The lowest BCUT2D eigenvalue weighted by Crippen LogP contribution is -3.19. The zero-order valence-corrected chi connectivity index (χ0v) is 17.0. The predicted octanol–water partition coefficient (Wildman–Crippen LogP) is -0.267. The number of amides is 3. The van der Waals surface area contributed by atoms with E-state index in [2.05, 4.69) is 10.6 Å². The van der Waals surface area contributed by atoms with Crippen LogP contribution in [0.4, 0.5) is 4.79 Å². The molecule has 1 aliphatic heterocycles. The molecule has 9 heteroatoms. The van der Waals surface area contributed by atoms with Crippen LogP contribution in [-0.2, 0) is 14.8 Å². The van der Waals surface area contributed by atoms with Gasteiger partial charge in [0.1, 0.15) is 0 Å². The molecule has 28 heavy (non-hydrogen) atoms. The number of carbonyl (C=O) groups excluding carboxylic acids is 2. The van der Waals surface area contributed by atoms with Gasteiger partial charge < -0.3 is 10.2 Å². The third kappa shape index (κ3) is 4.89. The average molecular weight is 410 g/mol. The second-order valence-electron chi connectivity index (χ2n) is 7.54. The number of rotatable bonds is 5. The molecule has 3 amide bonds. The number of hydrogen-bond acceptors (Lipinski definition) is 4. The van der Waals surface area contributed by atoms with Crippen LogP contribution in [-0.4, -0.2) is 62.9 Å². The highest BCUT2D eigenvalue weighted by Crippen LogP contribution is 2.17. The summed E-state index contributed by atoms with van der Waals surface area (Å²) in [5.41, 5.74) is 0. The SMILES string of the molecule is C[C@@H](C(=O)NC(=O)NC1CCCC1)[NH+]1CCN(S(=O)(=O)c2ccccc2)CC1. The summed E-state index contributed by atoms with van der Waals surface area (Å²) in [6.07, 6.45) is 4.13. The highest BCUT2D eigenvalue weighted by molar-refractivity contribution is 7.89. The molecule has 3 N–H and O–H groups in total. The van der Waals surface area contributed by atoms with Crippen LogP contribution in [0.2, 0.25) is 0 Å². The summed E-state index contributed by atoms with van der Waals surface area (Å²) in [4.78, 5) is 25.7. The van der Waals surface area contributed by atoms with Gasteiger partial charge in [0.2, 0.25) is 10.0 Å². The van der Waals surface area contributed by atoms with Crippen molar-refractivity contribution in [2.75, 3.05) is 26.2 Å². The Morgan fingerprint density at radius 2 is 1.71 bits per heavy atom. The monoisotopic (exact) mass is 409 g/mol. The third-order valence-corrected chi connectivity index (χ3v) is 7.59. The largest absolute Gasteiger partial charge is 0.335 e. The number of nitrogens with zero attached hydrogens (tertiary/aromatic N) is 1. The van der Waals surface area contributed by atoms with Gasteiger partial charge in [0.25, 0.3) is 5.91 Å². The van der Waals surface area contributed by atoms with Crippen molar-refractivity contribution < 1.29 is 22.9 Å². The van der Waals surface area contributed by atoms with E-state index < -0.39 is 22.1 Å². The molecule has 0 aromatic heterocycles. The van der Waals surface area contributed by atoms with Gasteiger partial charge >= 0.3 is 6.03 Å². The highest BCUT2D eigenvalue weighted by atomic mass is 32.2. The van der Waals surface area contributed by atoms with Crippen LogP contribution >= 0.6 is 0 Å². The third-order valence-electron chi connectivity index (χ3n) is 5.68. The molecule has 2 aliphatic rings. The molecule has 0 spiro atoms. The molecule has 1 aromatic carbocycles. The molecule has 3 rings (SSSR count). The minimum atomic E-state index is -3.51. The summed E-state index contributed by atoms with van der Waals surface area (Å²) in [6, 6.07) is 7.67. The second kappa shape index (κ2) is 9.02. The van der Waals surface area contributed by atoms with Crippen molar-refractivity contribution >= 4 is 22.0 Å². The molecule has 154 valence electrons. The van der Waals surface area contributed by atoms with Gasteiger partial charge in [0.15, 0.2) is 6.04 Å². The first-order valence-corrected chi connectivity index (χ1v) is 11.3. The van der Waals surface area contributed by atoms with Gasteiger partial charge in [-0.2, -0.15) is 4.31 Å². The number of carbonyl (C=O) groups is 2. The maximum absolute atomic E-state index is 12.7. The molecule has 1 saturated carbocycles. The van der Waals surface area contributed by atoms with Crippen molar-refractivity contribution in [2.45, 2.75) is 49.6 Å². The quantitative estimate of drug-likeness (QED) is 0.623. The van der Waals surface area contributed by atoms with Crippen LogP contribution in [0, 0.1) is 0 Å². The molecular weight excluding hydrogens is 380 g/mol. The Hall–Kier alpha value is -1.97. The Morgan fingerprint density at radius 1 is 1.11 bits per heavy atom. The molecule has 1 aromatic rings. The second-order valence-corrected chi connectivity index (χ2v) is 9.48. The highest BCUT2D eigenvalue weighted by Gasteiger charge is 2.35. The van der Waals surface area contributed by atoms with E-state index in [0.29, 0.717) is 26.2 Å². The predicted molar refractivity (Wildman–Crippen MR) is 104 cm³/mol. The Balaban J connectivity index is 1.49. The van der Waals surface area contributed by atoms with Gasteiger partial charge in [-0.15, -0.1) is 0 Å². The number of piperazine rings is 1. The molecular formula is C19H29N4O4S+. The minimum Gasteiger partial charge on any atom is -0.335 e. The first-order chi connectivity index (χ1) is 13.4. The lowest BCUT2D eigenvalue weighted by Gasteiger charge is -2.34. The summed E-state index contributed by atoms with van der Waals surface area (Å²) < 4.78 is 26.8. The van der Waals surface area contributed by atoms with E-state index in [1.54, 1.807) is 37.3 Å². The van der Waals surface area contributed by atoms with Gasteiger partial charge in [0.05, 0.1) is 31.1 Å². The Bertz CT molecular complexity index is 785. The summed E-state index contributed by atoms with van der Waals surface area (Å²) in [5, 5.41) is 5.27. The van der Waals surface area contributed by atoms with Gasteiger partial charge in [0, 0.05) is 6.04 Å². The van der Waals surface area contributed by atoms with Crippen molar-refractivity contribution in [1.29, 1.82) is 0 Å². The maximum Gasteiger partial charge on any atom is 0.321 e. The van der Waals surface area contributed by atoms with E-state index in [1.165, 1.54) is 4.31 Å². The van der Waals surface area contributed by atoms with E-state index in [-0.39, 0.29) is 16.8 Å². The Morgan fingerprint density at radius 3 is 2.32 bits per heavy atom. The number of imide groups is 1. The van der Waals surface area contributed by atoms with E-state index in [1.807, 2.05) is 0 Å². The Kier molecular flexibility index (Phi) is 6.69. The summed E-state index contributed by atoms with van der Waals surface area (Å²) in [5.74, 6) is -0.329. The number of hydrogen-bond donors (Lipinski definition) is 3. The standard InChI is InChI=1S/C19H28N4O4S/c1-15(18(24)21-19(25)20-16-7-5-6-8-16)22-11-13-23(14-12-22)28(26,27)17-9-3-2-4-10-17/h2-4,9-10,15-16H,5-8,11-14H2,1H3,(H2,20,21,24,25)/p+1/t15-/m0/s1. The number of benzene rings is 1. The first-order valence-electron chi connectivity index (χ1n) is 9.89. The molecule has 8 nitrogen and oxygen atoms in total. The number of quaternary nitrogens is 1. The topological polar surface area (TPSA) is 100 Å². The molecule has 0 bridgehead atoms. The molecule has 0 unspecified atom stereocenters. The van der Waals surface area contributed by atoms with Crippen molar-refractivity contribution in [3.63, 3.8) is 0 Å². The van der Waals surface area contributed by atoms with Crippen LogP contribution < -0.4 is 15.5 Å². The Labute approximate surface area is 166 Å². The molecule has 1 saturated heterocycles. The van der Waals surface area contributed by atoms with E-state index in [9.17, 15) is 18.0 Å². The fourth-order valence-electron chi connectivity index (χ4n) is 3.89. The molecule has 1 atom stereocenters. The van der Waals surface area contributed by atoms with Crippen molar-refractivity contribution in [2.24, 2.45) is 0 Å². The number of nitrogens with one attached hydrogen (secondary N) is 3. The normalized spacial score (nSPS) is 20.6. The molecule has 1 heterocycles. The van der Waals surface area contributed by atoms with Crippen molar-refractivity contribution in [1.82, 2.24) is 14.9 Å². The van der Waals surface area contributed by atoms with Crippen LogP contribution in [0.3, 0.4) is 0 Å². The zero-order valence-electron chi connectivity index (χ0n) is 16.2. The van der Waals surface area contributed by atoms with E-state index in [4.69, 9.17) is 0 Å². The van der Waals surface area contributed by atoms with E-state index >= 15 is 0 Å². The number of sulfonamides is 1. The van der Waals surface area contributed by atoms with E-state index in [0.717, 1.165) is 30.6 Å². The summed E-state index contributed by atoms with van der Waals surface area (Å²) in [6.45, 7) is 3.50. The van der Waals surface area contributed by atoms with Gasteiger partial charge in [-0.3, -0.25) is 10.1 Å². The van der Waals surface area contributed by atoms with Crippen LogP contribution in [0.5, 0.6) is 0 Å². The van der Waals surface area contributed by atoms with Crippen molar-refractivity contribution in [3.8, 4) is 0 Å². The lowest BCUT2D eigenvalue weighted by molar-refractivity contribution is -0.917. The zero-order chi connectivity index (χ0) is 20.1. The van der Waals surface area contributed by atoms with Crippen LogP contribution in [0.1, 0.15) is 32.6 Å². The van der Waals surface area contributed by atoms with Crippen LogP contribution in [0.25, 0.3) is 0 Å². The number of urea groups is 1. The molecule has 1 aliphatic carbocycles. The molecule has 2 fully saturated rings. The molecule has 0 radical (unpaired) electrons. The van der Waals surface area contributed by atoms with Crippen LogP contribution in [0.15, 0.2) is 35.2 Å².